The normalized spacial score (nSPS) is 13.4. The third kappa shape index (κ3) is 2.32. The number of aliphatic hydroxyl groups excluding tert-OH is 1. The van der Waals surface area contributed by atoms with Crippen LogP contribution in [0.15, 0.2) is 14.3 Å². The lowest BCUT2D eigenvalue weighted by Gasteiger charge is -2.11. The van der Waals surface area contributed by atoms with Crippen molar-refractivity contribution >= 4 is 27.1 Å². The molecule has 19 heavy (non-hydrogen) atoms. The van der Waals surface area contributed by atoms with Crippen LogP contribution in [0.1, 0.15) is 0 Å². The first kappa shape index (κ1) is 13.9. The number of nitrogens with zero attached hydrogens (tertiary/aromatic N) is 3. The van der Waals surface area contributed by atoms with Crippen LogP contribution in [0.5, 0.6) is 0 Å². The predicted octanol–water partition coefficient (Wildman–Crippen LogP) is -0.188. The highest BCUT2D eigenvalue weighted by Gasteiger charge is 2.22. The highest BCUT2D eigenvalue weighted by molar-refractivity contribution is 9.10. The van der Waals surface area contributed by atoms with Gasteiger partial charge in [-0.1, -0.05) is 0 Å². The summed E-state index contributed by atoms with van der Waals surface area (Å²) in [5, 5.41) is 9.16. The highest BCUT2D eigenvalue weighted by Crippen LogP contribution is 2.15. The molecule has 0 radical (unpaired) electrons. The Morgan fingerprint density at radius 2 is 2.11 bits per heavy atom. The summed E-state index contributed by atoms with van der Waals surface area (Å²) in [6, 6.07) is 0. The molecule has 0 aromatic carbocycles. The highest BCUT2D eigenvalue weighted by atomic mass is 79.9. The molecule has 0 amide bonds. The second kappa shape index (κ2) is 4.85. The molecule has 10 heteroatoms. The van der Waals surface area contributed by atoms with Crippen molar-refractivity contribution in [3.8, 4) is 0 Å². The van der Waals surface area contributed by atoms with Crippen LogP contribution in [0.2, 0.25) is 0 Å². The number of H-pyrrole nitrogens is 1. The van der Waals surface area contributed by atoms with Crippen LogP contribution in [0, 0.1) is 0 Å². The minimum absolute atomic E-state index is 0.0490. The van der Waals surface area contributed by atoms with Gasteiger partial charge in [0.1, 0.15) is 6.10 Å². The molecule has 2 heterocycles. The Labute approximate surface area is 112 Å². The average Bonchev–Trinajstić information content (AvgIpc) is 2.61. The lowest BCUT2D eigenvalue weighted by molar-refractivity contribution is -0.0136. The molecule has 1 atom stereocenters. The van der Waals surface area contributed by atoms with E-state index >= 15 is 0 Å². The third-order valence-corrected chi connectivity index (χ3v) is 3.33. The monoisotopic (exact) mass is 338 g/mol. The van der Waals surface area contributed by atoms with E-state index in [0.29, 0.717) is 0 Å². The molecule has 0 aliphatic heterocycles. The molecule has 0 aliphatic carbocycles. The van der Waals surface area contributed by atoms with E-state index in [1.165, 1.54) is 11.6 Å². The molecule has 7 nitrogen and oxygen atoms in total. The number of halogens is 3. The van der Waals surface area contributed by atoms with Crippen molar-refractivity contribution in [3.05, 3.63) is 25.6 Å². The predicted molar refractivity (Wildman–Crippen MR) is 65.3 cm³/mol. The molecule has 0 unspecified atom stereocenters. The maximum Gasteiger partial charge on any atom is 0.330 e. The smallest absolute Gasteiger partial charge is 0.330 e. The van der Waals surface area contributed by atoms with Crippen LogP contribution >= 0.6 is 15.9 Å². The number of nitrogens with one attached hydrogen (secondary N) is 1. The number of aromatic amines is 1. The summed E-state index contributed by atoms with van der Waals surface area (Å²) >= 11 is 3.07. The number of rotatable bonds is 3. The van der Waals surface area contributed by atoms with Crippen LogP contribution in [0.25, 0.3) is 11.2 Å². The molecule has 2 N–H and O–H groups in total. The van der Waals surface area contributed by atoms with Crippen molar-refractivity contribution < 1.29 is 13.9 Å². The van der Waals surface area contributed by atoms with Gasteiger partial charge in [0.05, 0.1) is 6.54 Å². The quantitative estimate of drug-likeness (QED) is 0.759. The fraction of sp³-hybridized carbons (Fsp3) is 0.444. The van der Waals surface area contributed by atoms with E-state index in [2.05, 4.69) is 20.9 Å². The van der Waals surface area contributed by atoms with E-state index in [1.54, 1.807) is 0 Å². The topological polar surface area (TPSA) is 92.9 Å². The van der Waals surface area contributed by atoms with Gasteiger partial charge in [0.2, 0.25) is 0 Å². The molecule has 0 saturated heterocycles. The molecular weight excluding hydrogens is 330 g/mol. The Morgan fingerprint density at radius 3 is 2.68 bits per heavy atom. The van der Waals surface area contributed by atoms with E-state index in [4.69, 9.17) is 5.11 Å². The number of aliphatic hydroxyl groups is 1. The largest absolute Gasteiger partial charge is 0.385 e. The van der Waals surface area contributed by atoms with Crippen LogP contribution in [0.3, 0.4) is 0 Å². The zero-order valence-electron chi connectivity index (χ0n) is 9.60. The number of hydrogen-bond donors (Lipinski definition) is 2. The standard InChI is InChI=1S/C9H9BrF2N4O3/c1-15-4-6(13-8(15)10)16(2-3(17)5(11)12)9(19)14-7(4)18/h3,5,17H,2H2,1H3,(H,14,18,19)/t3-/m1/s1. The molecule has 0 bridgehead atoms. The van der Waals surface area contributed by atoms with Gasteiger partial charge < -0.3 is 9.67 Å². The zero-order valence-corrected chi connectivity index (χ0v) is 11.2. The van der Waals surface area contributed by atoms with Gasteiger partial charge in [0.15, 0.2) is 15.9 Å². The second-order valence-electron chi connectivity index (χ2n) is 3.88. The van der Waals surface area contributed by atoms with Crippen molar-refractivity contribution in [3.63, 3.8) is 0 Å². The Hall–Kier alpha value is -1.55. The fourth-order valence-corrected chi connectivity index (χ4v) is 2.00. The van der Waals surface area contributed by atoms with Gasteiger partial charge in [-0.25, -0.2) is 18.6 Å². The number of aromatic nitrogens is 4. The van der Waals surface area contributed by atoms with E-state index in [9.17, 15) is 18.4 Å². The van der Waals surface area contributed by atoms with Gasteiger partial charge in [0, 0.05) is 7.05 Å². The zero-order chi connectivity index (χ0) is 14.3. The SMILES string of the molecule is Cn1c(Br)nc2c1c(=O)[nH]c(=O)n2C[C@@H](O)C(F)F. The summed E-state index contributed by atoms with van der Waals surface area (Å²) in [6.07, 6.45) is -5.02. The molecule has 0 fully saturated rings. The molecule has 0 spiro atoms. The van der Waals surface area contributed by atoms with Crippen molar-refractivity contribution in [2.75, 3.05) is 0 Å². The Balaban J connectivity index is 2.71. The molecule has 2 aromatic heterocycles. The van der Waals surface area contributed by atoms with Gasteiger partial charge in [-0.05, 0) is 15.9 Å². The number of aryl methyl sites for hydroxylation is 1. The van der Waals surface area contributed by atoms with Crippen molar-refractivity contribution in [1.82, 2.24) is 19.1 Å². The Morgan fingerprint density at radius 1 is 1.47 bits per heavy atom. The molecule has 104 valence electrons. The fourth-order valence-electron chi connectivity index (χ4n) is 1.66. The molecular formula is C9H9BrF2N4O3. The number of fused-ring (bicyclic) bond motifs is 1. The van der Waals surface area contributed by atoms with Crippen LogP contribution in [-0.2, 0) is 13.6 Å². The van der Waals surface area contributed by atoms with E-state index in [1.807, 2.05) is 4.98 Å². The number of alkyl halides is 2. The van der Waals surface area contributed by atoms with E-state index in [-0.39, 0.29) is 15.9 Å². The maximum absolute atomic E-state index is 12.3. The third-order valence-electron chi connectivity index (χ3n) is 2.62. The summed E-state index contributed by atoms with van der Waals surface area (Å²) in [5.41, 5.74) is -1.60. The lowest BCUT2D eigenvalue weighted by Crippen LogP contribution is -2.36. The van der Waals surface area contributed by atoms with Crippen LogP contribution in [0.4, 0.5) is 8.78 Å². The number of imidazole rings is 1. The lowest BCUT2D eigenvalue weighted by atomic mass is 10.3. The molecule has 0 saturated carbocycles. The minimum atomic E-state index is -3.00. The van der Waals surface area contributed by atoms with Gasteiger partial charge >= 0.3 is 5.69 Å². The summed E-state index contributed by atoms with van der Waals surface area (Å²) in [6.45, 7) is -0.659. The molecule has 2 aromatic rings. The van der Waals surface area contributed by atoms with E-state index < -0.39 is 30.3 Å². The van der Waals surface area contributed by atoms with Crippen molar-refractivity contribution in [2.24, 2.45) is 7.05 Å². The van der Waals surface area contributed by atoms with E-state index in [0.717, 1.165) is 4.57 Å². The first-order chi connectivity index (χ1) is 8.82. The van der Waals surface area contributed by atoms with Gasteiger partial charge in [-0.3, -0.25) is 14.3 Å². The van der Waals surface area contributed by atoms with Gasteiger partial charge in [-0.15, -0.1) is 0 Å². The van der Waals surface area contributed by atoms with Gasteiger partial charge in [0.25, 0.3) is 12.0 Å². The Kier molecular flexibility index (Phi) is 3.54. The maximum atomic E-state index is 12.3. The summed E-state index contributed by atoms with van der Waals surface area (Å²) < 4.78 is 27.1. The van der Waals surface area contributed by atoms with Gasteiger partial charge in [-0.2, -0.15) is 0 Å². The van der Waals surface area contributed by atoms with Crippen molar-refractivity contribution in [1.29, 1.82) is 0 Å². The van der Waals surface area contributed by atoms with Crippen LogP contribution in [-0.4, -0.2) is 36.7 Å². The summed E-state index contributed by atoms with van der Waals surface area (Å²) in [7, 11) is 1.52. The summed E-state index contributed by atoms with van der Waals surface area (Å²) in [5.74, 6) is 0. The first-order valence-corrected chi connectivity index (χ1v) is 5.93. The number of hydrogen-bond acceptors (Lipinski definition) is 4. The summed E-state index contributed by atoms with van der Waals surface area (Å²) in [4.78, 5) is 29.2. The van der Waals surface area contributed by atoms with Crippen molar-refractivity contribution in [2.45, 2.75) is 19.1 Å². The second-order valence-corrected chi connectivity index (χ2v) is 4.59. The minimum Gasteiger partial charge on any atom is -0.385 e. The molecule has 0 aliphatic rings. The van der Waals surface area contributed by atoms with Crippen LogP contribution < -0.4 is 11.2 Å². The average molecular weight is 339 g/mol. The Bertz CT molecular complexity index is 735. The molecule has 2 rings (SSSR count). The first-order valence-electron chi connectivity index (χ1n) is 5.14.